The van der Waals surface area contributed by atoms with Gasteiger partial charge in [-0.1, -0.05) is 0 Å². The molecule has 8 nitrogen and oxygen atoms in total. The van der Waals surface area contributed by atoms with Crippen LogP contribution in [0.5, 0.6) is 0 Å². The number of nitrogens with one attached hydrogen (secondary N) is 2. The minimum atomic E-state index is -1.18. The van der Waals surface area contributed by atoms with Crippen LogP contribution in [0, 0.1) is 0 Å². The van der Waals surface area contributed by atoms with Crippen LogP contribution in [0.15, 0.2) is 12.2 Å². The molecular formula is C8H17N3O5. The highest BCUT2D eigenvalue weighted by molar-refractivity contribution is 5.93. The van der Waals surface area contributed by atoms with Crippen LogP contribution in [0.25, 0.3) is 0 Å². The smallest absolute Gasteiger partial charge is 0.328 e. The predicted octanol–water partition coefficient (Wildman–Crippen LogP) is -2.82. The average molecular weight is 235 g/mol. The molecule has 0 unspecified atom stereocenters. The summed E-state index contributed by atoms with van der Waals surface area (Å²) in [7, 11) is 0. The Kier molecular flexibility index (Phi) is 14.3. The lowest BCUT2D eigenvalue weighted by molar-refractivity contribution is -0.131. The van der Waals surface area contributed by atoms with Gasteiger partial charge in [0.2, 0.25) is 0 Å². The summed E-state index contributed by atoms with van der Waals surface area (Å²) in [5.74, 6) is 2.79. The summed E-state index contributed by atoms with van der Waals surface area (Å²) in [5, 5.41) is 27.0. The van der Waals surface area contributed by atoms with E-state index in [2.05, 4.69) is 11.2 Å². The first-order chi connectivity index (χ1) is 7.58. The van der Waals surface area contributed by atoms with E-state index in [0.29, 0.717) is 19.2 Å². The number of rotatable bonds is 6. The van der Waals surface area contributed by atoms with Gasteiger partial charge in [-0.25, -0.2) is 10.6 Å². The van der Waals surface area contributed by atoms with Gasteiger partial charge in [0.05, 0.1) is 13.2 Å². The number of hydrogen-bond donors (Lipinski definition) is 6. The first-order valence-corrected chi connectivity index (χ1v) is 4.42. The minimum absolute atomic E-state index is 0.139. The second-order valence-electron chi connectivity index (χ2n) is 2.38. The summed E-state index contributed by atoms with van der Waals surface area (Å²) in [4.78, 5) is 19.8. The summed E-state index contributed by atoms with van der Waals surface area (Å²) >= 11 is 0. The summed E-state index contributed by atoms with van der Waals surface area (Å²) < 4.78 is 0. The normalized spacial score (nSPS) is 9.44. The maximum atomic E-state index is 10.1. The van der Waals surface area contributed by atoms with Gasteiger partial charge in [0, 0.05) is 25.2 Å². The van der Waals surface area contributed by atoms with Crippen molar-refractivity contribution in [2.24, 2.45) is 5.84 Å². The minimum Gasteiger partial charge on any atom is -0.478 e. The van der Waals surface area contributed by atoms with Crippen molar-refractivity contribution >= 4 is 11.9 Å². The fourth-order valence-electron chi connectivity index (χ4n) is 0.478. The Labute approximate surface area is 92.7 Å². The van der Waals surface area contributed by atoms with Gasteiger partial charge in [0.25, 0.3) is 5.91 Å². The van der Waals surface area contributed by atoms with Gasteiger partial charge in [-0.15, -0.1) is 0 Å². The molecule has 94 valence electrons. The first-order valence-electron chi connectivity index (χ1n) is 4.42. The van der Waals surface area contributed by atoms with Crippen LogP contribution in [0.1, 0.15) is 0 Å². The lowest BCUT2D eigenvalue weighted by atomic mass is 10.5. The first kappa shape index (κ1) is 16.9. The topological polar surface area (TPSA) is 145 Å². The highest BCUT2D eigenvalue weighted by Crippen LogP contribution is 1.70. The van der Waals surface area contributed by atoms with Crippen molar-refractivity contribution < 1.29 is 24.9 Å². The molecule has 0 aromatic rings. The molecule has 0 rings (SSSR count). The molecule has 0 bridgehead atoms. The molecule has 0 radical (unpaired) electrons. The predicted molar refractivity (Wildman–Crippen MR) is 56.1 cm³/mol. The van der Waals surface area contributed by atoms with Crippen LogP contribution in [0.3, 0.4) is 0 Å². The van der Waals surface area contributed by atoms with Crippen LogP contribution in [-0.2, 0) is 9.59 Å². The number of carbonyl (C=O) groups excluding carboxylic acids is 1. The molecule has 0 aromatic carbocycles. The molecule has 8 heteroatoms. The van der Waals surface area contributed by atoms with Gasteiger partial charge in [0.1, 0.15) is 0 Å². The largest absolute Gasteiger partial charge is 0.478 e. The zero-order chi connectivity index (χ0) is 12.8. The molecule has 0 aliphatic heterocycles. The van der Waals surface area contributed by atoms with Crippen molar-refractivity contribution in [3.63, 3.8) is 0 Å². The number of aliphatic carboxylic acids is 1. The Hall–Kier alpha value is -1.48. The van der Waals surface area contributed by atoms with E-state index in [1.165, 1.54) is 0 Å². The van der Waals surface area contributed by atoms with Gasteiger partial charge < -0.3 is 20.6 Å². The Bertz CT molecular complexity index is 216. The molecule has 0 saturated heterocycles. The van der Waals surface area contributed by atoms with E-state index in [1.807, 2.05) is 0 Å². The third-order valence-corrected chi connectivity index (χ3v) is 1.10. The molecule has 16 heavy (non-hydrogen) atoms. The summed E-state index contributed by atoms with van der Waals surface area (Å²) in [6.45, 7) is 1.42. The van der Waals surface area contributed by atoms with Crippen molar-refractivity contribution in [3.8, 4) is 0 Å². The number of aliphatic hydroxyl groups is 2. The number of nitrogens with two attached hydrogens (primary N) is 1. The lowest BCUT2D eigenvalue weighted by Gasteiger charge is -1.94. The molecule has 0 spiro atoms. The molecule has 0 fully saturated rings. The van der Waals surface area contributed by atoms with E-state index in [4.69, 9.17) is 15.3 Å². The summed E-state index contributed by atoms with van der Waals surface area (Å²) in [6.07, 6.45) is 1.52. The number of hydrogen-bond acceptors (Lipinski definition) is 6. The molecule has 1 amide bonds. The average Bonchev–Trinajstić information content (AvgIpc) is 2.27. The third-order valence-electron chi connectivity index (χ3n) is 1.10. The van der Waals surface area contributed by atoms with Crippen LogP contribution >= 0.6 is 0 Å². The molecule has 0 aliphatic carbocycles. The van der Waals surface area contributed by atoms with Gasteiger partial charge in [-0.2, -0.15) is 0 Å². The zero-order valence-corrected chi connectivity index (χ0v) is 8.72. The SMILES string of the molecule is NNC(=O)/C=C\C(=O)O.OCCNCCO. The van der Waals surface area contributed by atoms with E-state index >= 15 is 0 Å². The molecule has 0 aliphatic rings. The zero-order valence-electron chi connectivity index (χ0n) is 8.72. The van der Waals surface area contributed by atoms with Crippen molar-refractivity contribution in [2.75, 3.05) is 26.3 Å². The Balaban J connectivity index is 0. The van der Waals surface area contributed by atoms with Crippen LogP contribution in [0.2, 0.25) is 0 Å². The number of carbonyl (C=O) groups is 2. The Morgan fingerprint density at radius 1 is 1.12 bits per heavy atom. The number of aliphatic hydroxyl groups excluding tert-OH is 2. The van der Waals surface area contributed by atoms with Gasteiger partial charge in [-0.05, 0) is 0 Å². The highest BCUT2D eigenvalue weighted by Gasteiger charge is 1.90. The second-order valence-corrected chi connectivity index (χ2v) is 2.38. The van der Waals surface area contributed by atoms with Gasteiger partial charge >= 0.3 is 5.97 Å². The standard InChI is InChI=1S/C4H6N2O3.C4H11NO2/c5-6-3(7)1-2-4(8)9;6-3-1-5-2-4-7/h1-2H,5H2,(H,6,7)(H,8,9);5-7H,1-4H2/b2-1-;. The fourth-order valence-corrected chi connectivity index (χ4v) is 0.478. The summed E-state index contributed by atoms with van der Waals surface area (Å²) in [6, 6.07) is 0. The van der Waals surface area contributed by atoms with E-state index < -0.39 is 11.9 Å². The molecular weight excluding hydrogens is 218 g/mol. The van der Waals surface area contributed by atoms with Gasteiger partial charge in [0.15, 0.2) is 0 Å². The number of carboxylic acids is 1. The third kappa shape index (κ3) is 18.3. The molecule has 0 atom stereocenters. The van der Waals surface area contributed by atoms with Gasteiger partial charge in [-0.3, -0.25) is 10.2 Å². The maximum Gasteiger partial charge on any atom is 0.328 e. The Morgan fingerprint density at radius 3 is 1.94 bits per heavy atom. The van der Waals surface area contributed by atoms with Crippen molar-refractivity contribution in [2.45, 2.75) is 0 Å². The summed E-state index contributed by atoms with van der Waals surface area (Å²) in [5.41, 5.74) is 1.73. The van der Waals surface area contributed by atoms with Crippen molar-refractivity contribution in [1.29, 1.82) is 0 Å². The monoisotopic (exact) mass is 235 g/mol. The van der Waals surface area contributed by atoms with E-state index in [0.717, 1.165) is 6.08 Å². The fraction of sp³-hybridized carbons (Fsp3) is 0.500. The van der Waals surface area contributed by atoms with E-state index in [-0.39, 0.29) is 13.2 Å². The van der Waals surface area contributed by atoms with Crippen molar-refractivity contribution in [3.05, 3.63) is 12.2 Å². The van der Waals surface area contributed by atoms with E-state index in [9.17, 15) is 9.59 Å². The van der Waals surface area contributed by atoms with Crippen LogP contribution in [-0.4, -0.2) is 53.5 Å². The highest BCUT2D eigenvalue weighted by atomic mass is 16.4. The molecule has 0 heterocycles. The van der Waals surface area contributed by atoms with Crippen LogP contribution in [0.4, 0.5) is 0 Å². The second kappa shape index (κ2) is 13.5. The number of hydrazine groups is 1. The molecule has 0 aromatic heterocycles. The van der Waals surface area contributed by atoms with Crippen LogP contribution < -0.4 is 16.6 Å². The molecule has 7 N–H and O–H groups in total. The number of amides is 1. The number of carboxylic acid groups (broad SMARTS) is 1. The molecule has 0 saturated carbocycles. The van der Waals surface area contributed by atoms with E-state index in [1.54, 1.807) is 5.43 Å². The maximum absolute atomic E-state index is 10.1. The quantitative estimate of drug-likeness (QED) is 0.0957. The Morgan fingerprint density at radius 2 is 1.62 bits per heavy atom. The lowest BCUT2D eigenvalue weighted by Crippen LogP contribution is -2.28. The van der Waals surface area contributed by atoms with Crippen molar-refractivity contribution in [1.82, 2.24) is 10.7 Å².